The van der Waals surface area contributed by atoms with Gasteiger partial charge < -0.3 is 5.32 Å². The summed E-state index contributed by atoms with van der Waals surface area (Å²) < 4.78 is 0. The standard InChI is InChI=1S/C13H19N/c1-3-10-14-11-9-12(2)13-7-5-4-6-8-13/h4-8,14H,2-3,9-11H2,1H3. The van der Waals surface area contributed by atoms with Crippen molar-refractivity contribution in [2.75, 3.05) is 13.1 Å². The predicted molar refractivity (Wildman–Crippen MR) is 63.3 cm³/mol. The Bertz CT molecular complexity index is 264. The number of benzene rings is 1. The fourth-order valence-corrected chi connectivity index (χ4v) is 1.36. The summed E-state index contributed by atoms with van der Waals surface area (Å²) in [7, 11) is 0. The van der Waals surface area contributed by atoms with Crippen LogP contribution in [-0.2, 0) is 0 Å². The maximum atomic E-state index is 4.08. The maximum absolute atomic E-state index is 4.08. The molecule has 0 saturated heterocycles. The summed E-state index contributed by atoms with van der Waals surface area (Å²) in [6, 6.07) is 10.4. The minimum Gasteiger partial charge on any atom is -0.316 e. The Morgan fingerprint density at radius 3 is 2.57 bits per heavy atom. The average molecular weight is 189 g/mol. The maximum Gasteiger partial charge on any atom is -0.000835 e. The van der Waals surface area contributed by atoms with Crippen LogP contribution in [0.5, 0.6) is 0 Å². The van der Waals surface area contributed by atoms with Gasteiger partial charge in [0.15, 0.2) is 0 Å². The van der Waals surface area contributed by atoms with Gasteiger partial charge in [-0.3, -0.25) is 0 Å². The van der Waals surface area contributed by atoms with Crippen LogP contribution in [0.15, 0.2) is 36.9 Å². The number of nitrogens with one attached hydrogen (secondary N) is 1. The summed E-state index contributed by atoms with van der Waals surface area (Å²) in [5, 5.41) is 3.37. The number of hydrogen-bond acceptors (Lipinski definition) is 1. The van der Waals surface area contributed by atoms with Crippen LogP contribution in [0.1, 0.15) is 25.3 Å². The van der Waals surface area contributed by atoms with Gasteiger partial charge in [-0.25, -0.2) is 0 Å². The Morgan fingerprint density at radius 2 is 1.93 bits per heavy atom. The van der Waals surface area contributed by atoms with E-state index < -0.39 is 0 Å². The van der Waals surface area contributed by atoms with Gasteiger partial charge in [0, 0.05) is 0 Å². The van der Waals surface area contributed by atoms with Crippen molar-refractivity contribution in [3.05, 3.63) is 42.5 Å². The summed E-state index contributed by atoms with van der Waals surface area (Å²) in [4.78, 5) is 0. The molecule has 1 nitrogen and oxygen atoms in total. The summed E-state index contributed by atoms with van der Waals surface area (Å²) in [6.07, 6.45) is 2.22. The van der Waals surface area contributed by atoms with Gasteiger partial charge in [0.1, 0.15) is 0 Å². The molecule has 0 unspecified atom stereocenters. The normalized spacial score (nSPS) is 10.1. The zero-order valence-electron chi connectivity index (χ0n) is 8.92. The summed E-state index contributed by atoms with van der Waals surface area (Å²) in [5.41, 5.74) is 2.47. The number of rotatable bonds is 6. The molecule has 0 atom stereocenters. The van der Waals surface area contributed by atoms with Crippen molar-refractivity contribution in [3.8, 4) is 0 Å². The largest absolute Gasteiger partial charge is 0.316 e. The molecule has 0 bridgehead atoms. The van der Waals surface area contributed by atoms with E-state index in [1.165, 1.54) is 17.6 Å². The molecule has 0 aromatic heterocycles. The third kappa shape index (κ3) is 3.75. The van der Waals surface area contributed by atoms with Crippen LogP contribution in [-0.4, -0.2) is 13.1 Å². The van der Waals surface area contributed by atoms with Crippen molar-refractivity contribution in [1.29, 1.82) is 0 Å². The van der Waals surface area contributed by atoms with Crippen molar-refractivity contribution in [2.24, 2.45) is 0 Å². The summed E-state index contributed by atoms with van der Waals surface area (Å²) >= 11 is 0. The molecule has 0 radical (unpaired) electrons. The highest BCUT2D eigenvalue weighted by Gasteiger charge is 1.96. The molecule has 0 heterocycles. The van der Waals surface area contributed by atoms with Crippen LogP contribution in [0.2, 0.25) is 0 Å². The molecule has 1 rings (SSSR count). The molecule has 0 aliphatic heterocycles. The molecular weight excluding hydrogens is 170 g/mol. The van der Waals surface area contributed by atoms with Gasteiger partial charge in [0.05, 0.1) is 0 Å². The van der Waals surface area contributed by atoms with Crippen LogP contribution in [0.3, 0.4) is 0 Å². The van der Waals surface area contributed by atoms with Crippen LogP contribution in [0, 0.1) is 0 Å². The van der Waals surface area contributed by atoms with Crippen molar-refractivity contribution >= 4 is 5.57 Å². The third-order valence-electron chi connectivity index (χ3n) is 2.21. The monoisotopic (exact) mass is 189 g/mol. The quantitative estimate of drug-likeness (QED) is 0.678. The Labute approximate surface area is 86.8 Å². The predicted octanol–water partition coefficient (Wildman–Crippen LogP) is 3.09. The summed E-state index contributed by atoms with van der Waals surface area (Å²) in [5.74, 6) is 0. The zero-order valence-corrected chi connectivity index (χ0v) is 8.92. The Balaban J connectivity index is 2.29. The highest BCUT2D eigenvalue weighted by Crippen LogP contribution is 2.14. The molecule has 0 fully saturated rings. The van der Waals surface area contributed by atoms with Crippen molar-refractivity contribution in [1.82, 2.24) is 5.32 Å². The topological polar surface area (TPSA) is 12.0 Å². The van der Waals surface area contributed by atoms with Crippen LogP contribution >= 0.6 is 0 Å². The molecule has 0 aliphatic carbocycles. The van der Waals surface area contributed by atoms with Crippen molar-refractivity contribution < 1.29 is 0 Å². The minimum absolute atomic E-state index is 1.03. The molecule has 1 aromatic carbocycles. The SMILES string of the molecule is C=C(CCNCCC)c1ccccc1. The van der Waals surface area contributed by atoms with Crippen LogP contribution in [0.4, 0.5) is 0 Å². The van der Waals surface area contributed by atoms with E-state index in [1.54, 1.807) is 0 Å². The lowest BCUT2D eigenvalue weighted by atomic mass is 10.1. The van der Waals surface area contributed by atoms with E-state index in [1.807, 2.05) is 6.07 Å². The van der Waals surface area contributed by atoms with E-state index in [0.29, 0.717) is 0 Å². The molecule has 0 saturated carbocycles. The molecule has 1 aromatic rings. The molecule has 1 heteroatoms. The van der Waals surface area contributed by atoms with Crippen LogP contribution < -0.4 is 5.32 Å². The van der Waals surface area contributed by atoms with Crippen LogP contribution in [0.25, 0.3) is 5.57 Å². The van der Waals surface area contributed by atoms with E-state index in [-0.39, 0.29) is 0 Å². The van der Waals surface area contributed by atoms with Gasteiger partial charge in [-0.05, 0) is 37.1 Å². The van der Waals surface area contributed by atoms with Gasteiger partial charge >= 0.3 is 0 Å². The molecule has 76 valence electrons. The first-order valence-corrected chi connectivity index (χ1v) is 5.28. The lowest BCUT2D eigenvalue weighted by Crippen LogP contribution is -2.15. The second kappa shape index (κ2) is 6.39. The van der Waals surface area contributed by atoms with Crippen molar-refractivity contribution in [3.63, 3.8) is 0 Å². The fraction of sp³-hybridized carbons (Fsp3) is 0.385. The first-order valence-electron chi connectivity index (χ1n) is 5.28. The van der Waals surface area contributed by atoms with Crippen molar-refractivity contribution in [2.45, 2.75) is 19.8 Å². The van der Waals surface area contributed by atoms with E-state index in [9.17, 15) is 0 Å². The fourth-order valence-electron chi connectivity index (χ4n) is 1.36. The molecule has 0 aliphatic rings. The second-order valence-corrected chi connectivity index (χ2v) is 3.47. The van der Waals surface area contributed by atoms with Gasteiger partial charge in [-0.2, -0.15) is 0 Å². The Morgan fingerprint density at radius 1 is 1.21 bits per heavy atom. The molecule has 0 amide bonds. The molecule has 0 spiro atoms. The summed E-state index contributed by atoms with van der Waals surface area (Å²) in [6.45, 7) is 8.39. The third-order valence-corrected chi connectivity index (χ3v) is 2.21. The zero-order chi connectivity index (χ0) is 10.2. The molecule has 14 heavy (non-hydrogen) atoms. The highest BCUT2D eigenvalue weighted by atomic mass is 14.8. The van der Waals surface area contributed by atoms with E-state index in [2.05, 4.69) is 43.1 Å². The first kappa shape index (κ1) is 11.0. The van der Waals surface area contributed by atoms with Gasteiger partial charge in [-0.15, -0.1) is 0 Å². The Kier molecular flexibility index (Phi) is 5.02. The highest BCUT2D eigenvalue weighted by molar-refractivity contribution is 5.63. The first-order chi connectivity index (χ1) is 6.84. The number of hydrogen-bond donors (Lipinski definition) is 1. The molecular formula is C13H19N. The van der Waals surface area contributed by atoms with E-state index in [0.717, 1.165) is 19.5 Å². The lowest BCUT2D eigenvalue weighted by Gasteiger charge is -2.06. The Hall–Kier alpha value is -1.08. The lowest BCUT2D eigenvalue weighted by molar-refractivity contribution is 0.682. The molecule has 1 N–H and O–H groups in total. The minimum atomic E-state index is 1.03. The van der Waals surface area contributed by atoms with E-state index in [4.69, 9.17) is 0 Å². The van der Waals surface area contributed by atoms with Gasteiger partial charge in [0.2, 0.25) is 0 Å². The average Bonchev–Trinajstić information content (AvgIpc) is 2.25. The van der Waals surface area contributed by atoms with Gasteiger partial charge in [-0.1, -0.05) is 43.8 Å². The van der Waals surface area contributed by atoms with Gasteiger partial charge in [0.25, 0.3) is 0 Å². The van der Waals surface area contributed by atoms with E-state index >= 15 is 0 Å². The smallest absolute Gasteiger partial charge is 0.000835 e. The second-order valence-electron chi connectivity index (χ2n) is 3.47.